The number of hydrogen-bond acceptors (Lipinski definition) is 6. The Hall–Kier alpha value is -3.75. The summed E-state index contributed by atoms with van der Waals surface area (Å²) in [6.07, 6.45) is 3.44. The summed E-state index contributed by atoms with van der Waals surface area (Å²) in [6.45, 7) is 0. The maximum Gasteiger partial charge on any atom is 0.301 e. The van der Waals surface area contributed by atoms with Gasteiger partial charge in [0.1, 0.15) is 5.69 Å². The molecule has 3 aromatic rings. The van der Waals surface area contributed by atoms with Crippen molar-refractivity contribution >= 4 is 34.2 Å². The molecule has 1 heterocycles. The summed E-state index contributed by atoms with van der Waals surface area (Å²) in [6, 6.07) is 11.1. The summed E-state index contributed by atoms with van der Waals surface area (Å²) < 4.78 is 1.95. The molecule has 0 aliphatic carbocycles. The van der Waals surface area contributed by atoms with Crippen LogP contribution in [0.25, 0.3) is 10.9 Å². The summed E-state index contributed by atoms with van der Waals surface area (Å²) in [4.78, 5) is 20.5. The Morgan fingerprint density at radius 2 is 1.88 bits per heavy atom. The Morgan fingerprint density at radius 3 is 2.60 bits per heavy atom. The molecule has 9 heteroatoms. The van der Waals surface area contributed by atoms with E-state index < -0.39 is 15.5 Å². The van der Waals surface area contributed by atoms with Gasteiger partial charge in [0.05, 0.1) is 22.1 Å². The summed E-state index contributed by atoms with van der Waals surface area (Å²) in [7, 11) is 1.91. The number of para-hydroxylation sites is 1. The highest BCUT2D eigenvalue weighted by Gasteiger charge is 2.19. The Bertz CT molecular complexity index is 1010. The van der Waals surface area contributed by atoms with Gasteiger partial charge in [0, 0.05) is 35.8 Å². The van der Waals surface area contributed by atoms with Gasteiger partial charge in [-0.15, -0.1) is 0 Å². The van der Waals surface area contributed by atoms with Gasteiger partial charge in [0.25, 0.3) is 5.69 Å². The van der Waals surface area contributed by atoms with Crippen LogP contribution in [0.4, 0.5) is 17.1 Å². The van der Waals surface area contributed by atoms with Crippen LogP contribution in [0, 0.1) is 20.2 Å². The van der Waals surface area contributed by atoms with Gasteiger partial charge in [-0.25, -0.2) is 0 Å². The molecular formula is C16H13N5O4. The second-order valence-corrected chi connectivity index (χ2v) is 5.30. The number of hydrazone groups is 1. The van der Waals surface area contributed by atoms with Gasteiger partial charge in [-0.05, 0) is 12.1 Å². The molecule has 0 amide bonds. The highest BCUT2D eigenvalue weighted by Crippen LogP contribution is 2.29. The van der Waals surface area contributed by atoms with Crippen LogP contribution in [0.3, 0.4) is 0 Å². The maximum absolute atomic E-state index is 11.1. The van der Waals surface area contributed by atoms with Crippen LogP contribution in [0.2, 0.25) is 0 Å². The Labute approximate surface area is 141 Å². The first-order chi connectivity index (χ1) is 12.0. The first kappa shape index (κ1) is 16.1. The lowest BCUT2D eigenvalue weighted by Crippen LogP contribution is -1.98. The van der Waals surface area contributed by atoms with Crippen molar-refractivity contribution < 1.29 is 9.85 Å². The number of nitrogens with one attached hydrogen (secondary N) is 1. The Kier molecular flexibility index (Phi) is 4.12. The minimum Gasteiger partial charge on any atom is -0.350 e. The largest absolute Gasteiger partial charge is 0.350 e. The fraction of sp³-hybridized carbons (Fsp3) is 0.0625. The number of hydrogen-bond donors (Lipinski definition) is 1. The van der Waals surface area contributed by atoms with E-state index >= 15 is 0 Å². The average molecular weight is 339 g/mol. The molecule has 126 valence electrons. The van der Waals surface area contributed by atoms with Crippen LogP contribution < -0.4 is 5.43 Å². The van der Waals surface area contributed by atoms with Gasteiger partial charge in [-0.2, -0.15) is 5.10 Å². The first-order valence-electron chi connectivity index (χ1n) is 7.23. The number of rotatable bonds is 5. The highest BCUT2D eigenvalue weighted by molar-refractivity contribution is 5.99. The molecule has 3 rings (SSSR count). The van der Waals surface area contributed by atoms with E-state index in [1.54, 1.807) is 6.21 Å². The molecule has 1 aromatic heterocycles. The first-order valence-corrected chi connectivity index (χ1v) is 7.23. The van der Waals surface area contributed by atoms with Crippen molar-refractivity contribution in [3.8, 4) is 0 Å². The van der Waals surface area contributed by atoms with Gasteiger partial charge < -0.3 is 4.57 Å². The number of fused-ring (bicyclic) bond motifs is 1. The molecule has 0 unspecified atom stereocenters. The zero-order valence-corrected chi connectivity index (χ0v) is 13.1. The lowest BCUT2D eigenvalue weighted by Gasteiger charge is -2.01. The topological polar surface area (TPSA) is 116 Å². The smallest absolute Gasteiger partial charge is 0.301 e. The van der Waals surface area contributed by atoms with E-state index in [2.05, 4.69) is 10.5 Å². The molecule has 0 radical (unpaired) electrons. The highest BCUT2D eigenvalue weighted by atomic mass is 16.6. The summed E-state index contributed by atoms with van der Waals surface area (Å²) in [5, 5.41) is 26.9. The second-order valence-electron chi connectivity index (χ2n) is 5.30. The van der Waals surface area contributed by atoms with Crippen LogP contribution >= 0.6 is 0 Å². The van der Waals surface area contributed by atoms with Crippen molar-refractivity contribution in [3.63, 3.8) is 0 Å². The van der Waals surface area contributed by atoms with E-state index in [1.165, 1.54) is 12.1 Å². The van der Waals surface area contributed by atoms with Crippen molar-refractivity contribution in [2.45, 2.75) is 0 Å². The molecular weight excluding hydrogens is 326 g/mol. The van der Waals surface area contributed by atoms with E-state index in [4.69, 9.17) is 0 Å². The van der Waals surface area contributed by atoms with E-state index in [0.29, 0.717) is 0 Å². The molecule has 0 spiro atoms. The van der Waals surface area contributed by atoms with Crippen molar-refractivity contribution in [1.29, 1.82) is 0 Å². The van der Waals surface area contributed by atoms with Crippen molar-refractivity contribution in [1.82, 2.24) is 4.57 Å². The van der Waals surface area contributed by atoms with Crippen LogP contribution in [0.1, 0.15) is 5.56 Å². The number of nitro benzene ring substituents is 2. The minimum atomic E-state index is -0.692. The lowest BCUT2D eigenvalue weighted by molar-refractivity contribution is -0.393. The van der Waals surface area contributed by atoms with E-state index in [-0.39, 0.29) is 11.4 Å². The van der Waals surface area contributed by atoms with E-state index in [1.807, 2.05) is 42.1 Å². The van der Waals surface area contributed by atoms with Crippen LogP contribution in [-0.4, -0.2) is 20.6 Å². The van der Waals surface area contributed by atoms with Gasteiger partial charge in [0.2, 0.25) is 0 Å². The quantitative estimate of drug-likeness (QED) is 0.434. The fourth-order valence-corrected chi connectivity index (χ4v) is 2.53. The number of nitro groups is 2. The third-order valence-corrected chi connectivity index (χ3v) is 3.71. The molecule has 0 fully saturated rings. The van der Waals surface area contributed by atoms with Gasteiger partial charge in [-0.1, -0.05) is 18.2 Å². The van der Waals surface area contributed by atoms with Crippen molar-refractivity contribution in [3.05, 3.63) is 74.5 Å². The summed E-state index contributed by atoms with van der Waals surface area (Å²) in [5.41, 5.74) is 3.77. The number of aryl methyl sites for hydroxylation is 1. The normalized spacial score (nSPS) is 11.1. The van der Waals surface area contributed by atoms with E-state index in [0.717, 1.165) is 22.5 Å². The van der Waals surface area contributed by atoms with Gasteiger partial charge in [-0.3, -0.25) is 25.7 Å². The molecule has 0 bridgehead atoms. The number of aromatic nitrogens is 1. The third kappa shape index (κ3) is 3.15. The molecule has 2 aromatic carbocycles. The third-order valence-electron chi connectivity index (χ3n) is 3.71. The zero-order chi connectivity index (χ0) is 18.0. The SMILES string of the molecule is Cn1cc(C=NNc2ccc([N+](=O)[O-])cc2[N+](=O)[O-])c2ccccc21. The number of non-ortho nitro benzene ring substituents is 1. The fourth-order valence-electron chi connectivity index (χ4n) is 2.53. The molecule has 0 saturated carbocycles. The van der Waals surface area contributed by atoms with Gasteiger partial charge in [0.15, 0.2) is 0 Å². The lowest BCUT2D eigenvalue weighted by atomic mass is 10.2. The zero-order valence-electron chi connectivity index (χ0n) is 13.1. The van der Waals surface area contributed by atoms with Crippen LogP contribution in [0.5, 0.6) is 0 Å². The van der Waals surface area contributed by atoms with Gasteiger partial charge >= 0.3 is 5.69 Å². The van der Waals surface area contributed by atoms with Crippen LogP contribution in [-0.2, 0) is 7.05 Å². The van der Waals surface area contributed by atoms with Crippen molar-refractivity contribution in [2.24, 2.45) is 12.1 Å². The Balaban J connectivity index is 1.89. The average Bonchev–Trinajstić information content (AvgIpc) is 2.91. The van der Waals surface area contributed by atoms with Crippen molar-refractivity contribution in [2.75, 3.05) is 5.43 Å². The monoisotopic (exact) mass is 339 g/mol. The predicted molar refractivity (Wildman–Crippen MR) is 93.9 cm³/mol. The molecule has 9 nitrogen and oxygen atoms in total. The molecule has 25 heavy (non-hydrogen) atoms. The molecule has 0 saturated heterocycles. The standard InChI is InChI=1S/C16H13N5O4/c1-19-10-11(13-4-2-3-5-15(13)19)9-17-18-14-7-6-12(20(22)23)8-16(14)21(24)25/h2-10,18H,1H3. The second kappa shape index (κ2) is 6.40. The molecule has 0 atom stereocenters. The molecule has 0 aliphatic heterocycles. The summed E-state index contributed by atoms with van der Waals surface area (Å²) in [5.74, 6) is 0. The molecule has 1 N–H and O–H groups in total. The van der Waals surface area contributed by atoms with Crippen LogP contribution in [0.15, 0.2) is 53.8 Å². The molecule has 0 aliphatic rings. The number of nitrogens with zero attached hydrogens (tertiary/aromatic N) is 4. The number of anilines is 1. The Morgan fingerprint density at radius 1 is 1.12 bits per heavy atom. The van der Waals surface area contributed by atoms with E-state index in [9.17, 15) is 20.2 Å². The summed E-state index contributed by atoms with van der Waals surface area (Å²) >= 11 is 0. The minimum absolute atomic E-state index is 0.0760. The predicted octanol–water partition coefficient (Wildman–Crippen LogP) is 3.44. The number of benzene rings is 2. The maximum atomic E-state index is 11.1.